The van der Waals surface area contributed by atoms with Crippen molar-refractivity contribution in [1.29, 1.82) is 0 Å². The van der Waals surface area contributed by atoms with Crippen LogP contribution in [0.4, 0.5) is 0 Å². The lowest BCUT2D eigenvalue weighted by atomic mass is 10.2. The Morgan fingerprint density at radius 3 is 2.87 bits per heavy atom. The molecule has 3 rings (SSSR count). The lowest BCUT2D eigenvalue weighted by Gasteiger charge is -2.08. The average Bonchev–Trinajstić information content (AvgIpc) is 3.11. The Balaban J connectivity index is 1.53. The van der Waals surface area contributed by atoms with Gasteiger partial charge < -0.3 is 14.5 Å². The first-order valence-corrected chi connectivity index (χ1v) is 7.85. The molecule has 4 heteroatoms. The minimum atomic E-state index is -0.159. The maximum absolute atomic E-state index is 11.9. The first-order chi connectivity index (χ1) is 11.2. The zero-order chi connectivity index (χ0) is 16.2. The van der Waals surface area contributed by atoms with Crippen LogP contribution in [0, 0.1) is 5.92 Å². The summed E-state index contributed by atoms with van der Waals surface area (Å²) in [5.41, 5.74) is 0.944. The molecule has 1 N–H and O–H groups in total. The number of hydrogen-bond donors (Lipinski definition) is 1. The van der Waals surface area contributed by atoms with Gasteiger partial charge in [0.15, 0.2) is 0 Å². The second-order valence-corrected chi connectivity index (χ2v) is 5.92. The van der Waals surface area contributed by atoms with Crippen LogP contribution in [0.2, 0.25) is 0 Å². The van der Waals surface area contributed by atoms with Crippen LogP contribution >= 0.6 is 0 Å². The Labute approximate surface area is 136 Å². The number of nitrogens with one attached hydrogen (secondary N) is 1. The van der Waals surface area contributed by atoms with E-state index in [1.165, 1.54) is 12.5 Å². The summed E-state index contributed by atoms with van der Waals surface area (Å²) in [5, 5.41) is 2.85. The molecule has 0 saturated heterocycles. The number of benzene rings is 1. The molecule has 1 fully saturated rings. The van der Waals surface area contributed by atoms with Gasteiger partial charge in [0.1, 0.15) is 17.3 Å². The number of amides is 1. The molecule has 4 nitrogen and oxygen atoms in total. The SMILES string of the molecule is COc1ccccc1CNC(=O)/C=C/c1ccc([C@@H]2C[C@H]2C)o1. The highest BCUT2D eigenvalue weighted by atomic mass is 16.5. The molecule has 1 heterocycles. The van der Waals surface area contributed by atoms with Crippen LogP contribution in [0.5, 0.6) is 5.75 Å². The molecular formula is C19H21NO3. The van der Waals surface area contributed by atoms with E-state index in [0.717, 1.165) is 17.1 Å². The lowest BCUT2D eigenvalue weighted by molar-refractivity contribution is -0.116. The van der Waals surface area contributed by atoms with Gasteiger partial charge in [-0.2, -0.15) is 0 Å². The summed E-state index contributed by atoms with van der Waals surface area (Å²) in [6, 6.07) is 11.5. The van der Waals surface area contributed by atoms with Gasteiger partial charge in [-0.25, -0.2) is 0 Å². The number of carbonyl (C=O) groups excluding carboxylic acids is 1. The molecule has 2 atom stereocenters. The van der Waals surface area contributed by atoms with Gasteiger partial charge in [-0.05, 0) is 36.6 Å². The number of furan rings is 1. The molecule has 1 aliphatic carbocycles. The van der Waals surface area contributed by atoms with Crippen molar-refractivity contribution >= 4 is 12.0 Å². The molecule has 1 saturated carbocycles. The predicted octanol–water partition coefficient (Wildman–Crippen LogP) is 3.74. The molecule has 0 spiro atoms. The van der Waals surface area contributed by atoms with E-state index < -0.39 is 0 Å². The van der Waals surface area contributed by atoms with Crippen LogP contribution in [-0.4, -0.2) is 13.0 Å². The van der Waals surface area contributed by atoms with Gasteiger partial charge in [0, 0.05) is 24.1 Å². The summed E-state index contributed by atoms with van der Waals surface area (Å²) < 4.78 is 11.0. The van der Waals surface area contributed by atoms with Crippen molar-refractivity contribution in [1.82, 2.24) is 5.32 Å². The fourth-order valence-electron chi connectivity index (χ4n) is 2.62. The van der Waals surface area contributed by atoms with Gasteiger partial charge in [0.2, 0.25) is 5.91 Å². The van der Waals surface area contributed by atoms with E-state index in [-0.39, 0.29) is 5.91 Å². The lowest BCUT2D eigenvalue weighted by Crippen LogP contribution is -2.20. The molecule has 0 bridgehead atoms. The standard InChI is InChI=1S/C19H21NO3/c1-13-11-16(13)18-9-7-15(23-18)8-10-19(21)20-12-14-5-3-4-6-17(14)22-2/h3-10,13,16H,11-12H2,1-2H3,(H,20,21)/b10-8+/t13-,16-/m1/s1. The number of carbonyl (C=O) groups is 1. The van der Waals surface area contributed by atoms with Crippen LogP contribution in [0.3, 0.4) is 0 Å². The van der Waals surface area contributed by atoms with Crippen LogP contribution in [0.15, 0.2) is 46.9 Å². The summed E-state index contributed by atoms with van der Waals surface area (Å²) in [6.07, 6.45) is 4.39. The van der Waals surface area contributed by atoms with Crippen molar-refractivity contribution in [3.63, 3.8) is 0 Å². The fraction of sp³-hybridized carbons (Fsp3) is 0.316. The summed E-state index contributed by atoms with van der Waals surface area (Å²) in [6.45, 7) is 2.64. The second kappa shape index (κ2) is 6.73. The summed E-state index contributed by atoms with van der Waals surface area (Å²) in [5.74, 6) is 3.61. The zero-order valence-corrected chi connectivity index (χ0v) is 13.4. The smallest absolute Gasteiger partial charge is 0.244 e. The monoisotopic (exact) mass is 311 g/mol. The maximum Gasteiger partial charge on any atom is 0.244 e. The van der Waals surface area contributed by atoms with Crippen molar-refractivity contribution in [2.24, 2.45) is 5.92 Å². The van der Waals surface area contributed by atoms with E-state index in [9.17, 15) is 4.79 Å². The van der Waals surface area contributed by atoms with Crippen molar-refractivity contribution < 1.29 is 13.9 Å². The Hall–Kier alpha value is -2.49. The molecule has 1 aromatic heterocycles. The normalized spacial score (nSPS) is 19.7. The van der Waals surface area contributed by atoms with Crippen LogP contribution in [0.1, 0.15) is 36.3 Å². The first kappa shape index (κ1) is 15.4. The Bertz CT molecular complexity index is 717. The van der Waals surface area contributed by atoms with Gasteiger partial charge in [-0.15, -0.1) is 0 Å². The molecule has 0 unspecified atom stereocenters. The largest absolute Gasteiger partial charge is 0.496 e. The third-order valence-electron chi connectivity index (χ3n) is 4.17. The minimum absolute atomic E-state index is 0.159. The number of para-hydroxylation sites is 1. The van der Waals surface area contributed by atoms with E-state index in [1.54, 1.807) is 13.2 Å². The Morgan fingerprint density at radius 2 is 2.13 bits per heavy atom. The number of ether oxygens (including phenoxy) is 1. The van der Waals surface area contributed by atoms with Crippen molar-refractivity contribution in [2.45, 2.75) is 25.8 Å². The van der Waals surface area contributed by atoms with Crippen LogP contribution < -0.4 is 10.1 Å². The highest BCUT2D eigenvalue weighted by Crippen LogP contribution is 2.47. The second-order valence-electron chi connectivity index (χ2n) is 5.92. The van der Waals surface area contributed by atoms with E-state index in [0.29, 0.717) is 24.1 Å². The number of methoxy groups -OCH3 is 1. The van der Waals surface area contributed by atoms with Crippen molar-refractivity contribution in [3.05, 3.63) is 59.6 Å². The molecule has 1 amide bonds. The number of rotatable bonds is 6. The van der Waals surface area contributed by atoms with Gasteiger partial charge in [0.25, 0.3) is 0 Å². The first-order valence-electron chi connectivity index (χ1n) is 7.85. The van der Waals surface area contributed by atoms with Gasteiger partial charge in [0.05, 0.1) is 7.11 Å². The molecule has 23 heavy (non-hydrogen) atoms. The van der Waals surface area contributed by atoms with Gasteiger partial charge in [-0.3, -0.25) is 4.79 Å². The van der Waals surface area contributed by atoms with E-state index in [2.05, 4.69) is 12.2 Å². The third-order valence-corrected chi connectivity index (χ3v) is 4.17. The number of hydrogen-bond acceptors (Lipinski definition) is 3. The van der Waals surface area contributed by atoms with Crippen LogP contribution in [0.25, 0.3) is 6.08 Å². The summed E-state index contributed by atoms with van der Waals surface area (Å²) in [7, 11) is 1.62. The molecule has 0 radical (unpaired) electrons. The molecule has 1 aliphatic rings. The van der Waals surface area contributed by atoms with Gasteiger partial charge >= 0.3 is 0 Å². The van der Waals surface area contributed by atoms with Crippen molar-refractivity contribution in [2.75, 3.05) is 7.11 Å². The Kier molecular flexibility index (Phi) is 4.51. The zero-order valence-electron chi connectivity index (χ0n) is 13.4. The van der Waals surface area contributed by atoms with E-state index in [4.69, 9.17) is 9.15 Å². The molecule has 0 aliphatic heterocycles. The molecule has 1 aromatic carbocycles. The maximum atomic E-state index is 11.9. The fourth-order valence-corrected chi connectivity index (χ4v) is 2.62. The quantitative estimate of drug-likeness (QED) is 0.827. The van der Waals surface area contributed by atoms with E-state index in [1.807, 2.05) is 36.4 Å². The topological polar surface area (TPSA) is 51.5 Å². The summed E-state index contributed by atoms with van der Waals surface area (Å²) in [4.78, 5) is 11.9. The molecule has 120 valence electrons. The molecular weight excluding hydrogens is 290 g/mol. The Morgan fingerprint density at radius 1 is 1.35 bits per heavy atom. The average molecular weight is 311 g/mol. The summed E-state index contributed by atoms with van der Waals surface area (Å²) >= 11 is 0. The minimum Gasteiger partial charge on any atom is -0.496 e. The van der Waals surface area contributed by atoms with Crippen LogP contribution in [-0.2, 0) is 11.3 Å². The highest BCUT2D eigenvalue weighted by Gasteiger charge is 2.36. The predicted molar refractivity (Wildman–Crippen MR) is 89.1 cm³/mol. The third kappa shape index (κ3) is 3.83. The van der Waals surface area contributed by atoms with Crippen molar-refractivity contribution in [3.8, 4) is 5.75 Å². The van der Waals surface area contributed by atoms with E-state index >= 15 is 0 Å². The highest BCUT2D eigenvalue weighted by molar-refractivity contribution is 5.91. The van der Waals surface area contributed by atoms with Gasteiger partial charge in [-0.1, -0.05) is 25.1 Å². The molecule has 2 aromatic rings.